The highest BCUT2D eigenvalue weighted by Crippen LogP contribution is 2.18. The van der Waals surface area contributed by atoms with Gasteiger partial charge in [0.15, 0.2) is 0 Å². The van der Waals surface area contributed by atoms with Gasteiger partial charge in [0.05, 0.1) is 0 Å². The summed E-state index contributed by atoms with van der Waals surface area (Å²) in [5.41, 5.74) is 0. The van der Waals surface area contributed by atoms with Gasteiger partial charge in [-0.05, 0) is 19.8 Å². The Morgan fingerprint density at radius 3 is 2.93 bits per heavy atom. The summed E-state index contributed by atoms with van der Waals surface area (Å²) >= 11 is 0. The van der Waals surface area contributed by atoms with E-state index >= 15 is 0 Å². The average Bonchev–Trinajstić information content (AvgIpc) is 2.88. The fourth-order valence-corrected chi connectivity index (χ4v) is 1.21. The van der Waals surface area contributed by atoms with Gasteiger partial charge in [-0.2, -0.15) is 0 Å². The Morgan fingerprint density at radius 1 is 1.64 bits per heavy atom. The Bertz CT molecular complexity index is 228. The molecule has 0 heterocycles. The Labute approximate surface area is 85.6 Å². The smallest absolute Gasteiger partial charge is 0.221 e. The molecule has 78 valence electrons. The summed E-state index contributed by atoms with van der Waals surface area (Å²) in [5.74, 6) is 2.73. The second kappa shape index (κ2) is 5.66. The molecule has 0 aromatic rings. The minimum absolute atomic E-state index is 0.146. The van der Waals surface area contributed by atoms with Crippen LogP contribution in [0.4, 0.5) is 0 Å². The lowest BCUT2D eigenvalue weighted by Gasteiger charge is -2.10. The van der Waals surface area contributed by atoms with E-state index in [2.05, 4.69) is 16.6 Å². The van der Waals surface area contributed by atoms with Crippen LogP contribution in [-0.2, 0) is 4.79 Å². The van der Waals surface area contributed by atoms with E-state index in [1.54, 1.807) is 0 Å². The minimum Gasteiger partial charge on any atom is -0.353 e. The lowest BCUT2D eigenvalue weighted by atomic mass is 10.2. The Kier molecular flexibility index (Phi) is 4.48. The molecule has 1 fully saturated rings. The van der Waals surface area contributed by atoms with Gasteiger partial charge in [-0.1, -0.05) is 0 Å². The molecule has 0 aromatic carbocycles. The molecule has 0 radical (unpaired) electrons. The second-order valence-corrected chi connectivity index (χ2v) is 3.86. The zero-order valence-corrected chi connectivity index (χ0v) is 8.68. The summed E-state index contributed by atoms with van der Waals surface area (Å²) in [7, 11) is 0. The van der Waals surface area contributed by atoms with Crippen molar-refractivity contribution in [2.24, 2.45) is 0 Å². The minimum atomic E-state index is 0.146. The van der Waals surface area contributed by atoms with E-state index in [-0.39, 0.29) is 5.91 Å². The summed E-state index contributed by atoms with van der Waals surface area (Å²) in [4.78, 5) is 11.2. The van der Waals surface area contributed by atoms with E-state index in [0.29, 0.717) is 31.5 Å². The van der Waals surface area contributed by atoms with Crippen LogP contribution in [0.1, 0.15) is 32.6 Å². The highest BCUT2D eigenvalue weighted by atomic mass is 16.1. The zero-order chi connectivity index (χ0) is 10.4. The van der Waals surface area contributed by atoms with E-state index in [1.807, 2.05) is 6.92 Å². The second-order valence-electron chi connectivity index (χ2n) is 3.86. The Morgan fingerprint density at radius 2 is 2.36 bits per heavy atom. The number of carbonyl (C=O) groups is 1. The van der Waals surface area contributed by atoms with Crippen LogP contribution in [0.15, 0.2) is 0 Å². The number of terminal acetylenes is 1. The van der Waals surface area contributed by atoms with Crippen molar-refractivity contribution in [3.05, 3.63) is 0 Å². The molecule has 1 aliphatic carbocycles. The van der Waals surface area contributed by atoms with Crippen molar-refractivity contribution in [3.8, 4) is 12.3 Å². The molecule has 0 saturated heterocycles. The van der Waals surface area contributed by atoms with Gasteiger partial charge in [-0.25, -0.2) is 0 Å². The van der Waals surface area contributed by atoms with Gasteiger partial charge in [0.25, 0.3) is 0 Å². The summed E-state index contributed by atoms with van der Waals surface area (Å²) in [6, 6.07) is 0.763. The molecule has 1 amide bonds. The van der Waals surface area contributed by atoms with E-state index in [0.717, 1.165) is 12.8 Å². The summed E-state index contributed by atoms with van der Waals surface area (Å²) in [6.45, 7) is 2.74. The third kappa shape index (κ3) is 4.88. The lowest BCUT2D eigenvalue weighted by Crippen LogP contribution is -2.32. The van der Waals surface area contributed by atoms with Crippen molar-refractivity contribution in [1.29, 1.82) is 0 Å². The number of amides is 1. The summed E-state index contributed by atoms with van der Waals surface area (Å²) in [6.07, 6.45) is 8.72. The van der Waals surface area contributed by atoms with Gasteiger partial charge < -0.3 is 10.6 Å². The molecule has 1 aliphatic rings. The van der Waals surface area contributed by atoms with Crippen LogP contribution in [0.3, 0.4) is 0 Å². The molecule has 1 rings (SSSR count). The van der Waals surface area contributed by atoms with Crippen molar-refractivity contribution in [2.75, 3.05) is 6.54 Å². The summed E-state index contributed by atoms with van der Waals surface area (Å²) in [5, 5.41) is 6.15. The highest BCUT2D eigenvalue weighted by molar-refractivity contribution is 5.76. The van der Waals surface area contributed by atoms with Crippen LogP contribution in [0.2, 0.25) is 0 Å². The molecular formula is C11H18N2O. The zero-order valence-electron chi connectivity index (χ0n) is 8.68. The highest BCUT2D eigenvalue weighted by Gasteiger charge is 2.22. The van der Waals surface area contributed by atoms with Crippen molar-refractivity contribution < 1.29 is 4.79 Å². The quantitative estimate of drug-likeness (QED) is 0.610. The molecule has 2 N–H and O–H groups in total. The van der Waals surface area contributed by atoms with Gasteiger partial charge in [-0.15, -0.1) is 12.3 Å². The van der Waals surface area contributed by atoms with Gasteiger partial charge in [0.2, 0.25) is 5.91 Å². The van der Waals surface area contributed by atoms with Crippen molar-refractivity contribution in [1.82, 2.24) is 10.6 Å². The van der Waals surface area contributed by atoms with E-state index < -0.39 is 0 Å². The van der Waals surface area contributed by atoms with Crippen LogP contribution in [0.25, 0.3) is 0 Å². The molecule has 14 heavy (non-hydrogen) atoms. The van der Waals surface area contributed by atoms with E-state index in [1.165, 1.54) is 0 Å². The van der Waals surface area contributed by atoms with Crippen LogP contribution in [0.5, 0.6) is 0 Å². The van der Waals surface area contributed by atoms with Crippen LogP contribution >= 0.6 is 0 Å². The predicted molar refractivity (Wildman–Crippen MR) is 56.7 cm³/mol. The first-order valence-electron chi connectivity index (χ1n) is 5.18. The first kappa shape index (κ1) is 11.1. The van der Waals surface area contributed by atoms with Crippen LogP contribution in [0, 0.1) is 12.3 Å². The molecule has 1 unspecified atom stereocenters. The fraction of sp³-hybridized carbons (Fsp3) is 0.727. The van der Waals surface area contributed by atoms with Crippen LogP contribution in [-0.4, -0.2) is 24.5 Å². The molecule has 3 nitrogen and oxygen atoms in total. The normalized spacial score (nSPS) is 17.1. The maximum Gasteiger partial charge on any atom is 0.221 e. The largest absolute Gasteiger partial charge is 0.353 e. The van der Waals surface area contributed by atoms with Gasteiger partial charge >= 0.3 is 0 Å². The number of hydrogen-bond donors (Lipinski definition) is 2. The van der Waals surface area contributed by atoms with E-state index in [4.69, 9.17) is 6.42 Å². The molecule has 1 saturated carbocycles. The van der Waals surface area contributed by atoms with Gasteiger partial charge in [0, 0.05) is 31.5 Å². The average molecular weight is 194 g/mol. The first-order valence-corrected chi connectivity index (χ1v) is 5.18. The molecule has 1 atom stereocenters. The molecular weight excluding hydrogens is 176 g/mol. The number of hydrogen-bond acceptors (Lipinski definition) is 2. The third-order valence-corrected chi connectivity index (χ3v) is 2.21. The Balaban J connectivity index is 1.96. The number of rotatable bonds is 6. The monoisotopic (exact) mass is 194 g/mol. The van der Waals surface area contributed by atoms with Crippen molar-refractivity contribution >= 4 is 5.91 Å². The van der Waals surface area contributed by atoms with Gasteiger partial charge in [0.1, 0.15) is 0 Å². The third-order valence-electron chi connectivity index (χ3n) is 2.21. The molecule has 0 spiro atoms. The topological polar surface area (TPSA) is 41.1 Å². The van der Waals surface area contributed by atoms with E-state index in [9.17, 15) is 4.79 Å². The predicted octanol–water partition coefficient (Wildman–Crippen LogP) is 0.656. The van der Waals surface area contributed by atoms with Crippen LogP contribution < -0.4 is 10.6 Å². The maximum atomic E-state index is 11.2. The molecule has 3 heteroatoms. The SMILES string of the molecule is C#CCC(C)NCCC(=O)NC1CC1. The maximum absolute atomic E-state index is 11.2. The number of nitrogens with one attached hydrogen (secondary N) is 2. The molecule has 0 aromatic heterocycles. The fourth-order valence-electron chi connectivity index (χ4n) is 1.21. The van der Waals surface area contributed by atoms with Crippen molar-refractivity contribution in [3.63, 3.8) is 0 Å². The molecule has 0 bridgehead atoms. The Hall–Kier alpha value is -1.01. The number of carbonyl (C=O) groups excluding carboxylic acids is 1. The van der Waals surface area contributed by atoms with Crippen molar-refractivity contribution in [2.45, 2.75) is 44.7 Å². The van der Waals surface area contributed by atoms with Gasteiger partial charge in [-0.3, -0.25) is 4.79 Å². The molecule has 0 aliphatic heterocycles. The lowest BCUT2D eigenvalue weighted by molar-refractivity contribution is -0.121. The summed E-state index contributed by atoms with van der Waals surface area (Å²) < 4.78 is 0. The standard InChI is InChI=1S/C11H18N2O/c1-3-4-9(2)12-8-7-11(14)13-10-5-6-10/h1,9-10,12H,4-8H2,2H3,(H,13,14). The first-order chi connectivity index (χ1) is 6.72.